The van der Waals surface area contributed by atoms with Crippen LogP contribution in [-0.4, -0.2) is 37.9 Å². The number of nitrogens with two attached hydrogens (primary N) is 1. The first-order valence-corrected chi connectivity index (χ1v) is 8.18. The minimum absolute atomic E-state index is 0.0475. The minimum Gasteiger partial charge on any atom is -0.393 e. The van der Waals surface area contributed by atoms with Crippen LogP contribution in [0, 0.1) is 12.8 Å². The fourth-order valence-corrected chi connectivity index (χ4v) is 3.12. The first-order chi connectivity index (χ1) is 11.5. The SMILES string of the molecule is Cc1cc(N)n(CC(=O)NC(Cc2ccccn2)C2CC(O)C2)n1. The summed E-state index contributed by atoms with van der Waals surface area (Å²) in [5, 5.41) is 16.9. The molecule has 1 fully saturated rings. The molecule has 1 aliphatic carbocycles. The molecule has 7 heteroatoms. The number of anilines is 1. The van der Waals surface area contributed by atoms with Crippen molar-refractivity contribution in [3.63, 3.8) is 0 Å². The van der Waals surface area contributed by atoms with E-state index in [4.69, 9.17) is 5.73 Å². The number of hydrogen-bond donors (Lipinski definition) is 3. The molecule has 2 aromatic heterocycles. The van der Waals surface area contributed by atoms with Crippen LogP contribution in [0.15, 0.2) is 30.5 Å². The number of hydrogen-bond acceptors (Lipinski definition) is 5. The molecule has 0 aromatic carbocycles. The number of aromatic nitrogens is 3. The molecule has 1 unspecified atom stereocenters. The quantitative estimate of drug-likeness (QED) is 0.722. The average Bonchev–Trinajstić information content (AvgIpc) is 2.82. The standard InChI is InChI=1S/C17H23N5O2/c1-11-6-16(18)22(21-11)10-17(24)20-15(12-7-14(23)8-12)9-13-4-2-3-5-19-13/h2-6,12,14-15,23H,7-10,18H2,1H3,(H,20,24). The van der Waals surface area contributed by atoms with Gasteiger partial charge in [-0.3, -0.25) is 9.78 Å². The van der Waals surface area contributed by atoms with Crippen molar-refractivity contribution < 1.29 is 9.90 Å². The van der Waals surface area contributed by atoms with Crippen LogP contribution in [0.1, 0.15) is 24.2 Å². The van der Waals surface area contributed by atoms with Crippen molar-refractivity contribution in [3.8, 4) is 0 Å². The number of rotatable bonds is 6. The van der Waals surface area contributed by atoms with Crippen molar-refractivity contribution in [3.05, 3.63) is 41.9 Å². The largest absolute Gasteiger partial charge is 0.393 e. The molecular formula is C17H23N5O2. The van der Waals surface area contributed by atoms with Gasteiger partial charge in [-0.05, 0) is 37.8 Å². The van der Waals surface area contributed by atoms with Gasteiger partial charge in [-0.25, -0.2) is 4.68 Å². The van der Waals surface area contributed by atoms with E-state index in [0.29, 0.717) is 25.1 Å². The Balaban J connectivity index is 1.64. The van der Waals surface area contributed by atoms with Gasteiger partial charge in [-0.15, -0.1) is 0 Å². The van der Waals surface area contributed by atoms with E-state index >= 15 is 0 Å². The summed E-state index contributed by atoms with van der Waals surface area (Å²) < 4.78 is 1.50. The van der Waals surface area contributed by atoms with Crippen LogP contribution in [0.5, 0.6) is 0 Å². The third kappa shape index (κ3) is 3.91. The maximum atomic E-state index is 12.4. The van der Waals surface area contributed by atoms with Gasteiger partial charge >= 0.3 is 0 Å². The third-order valence-electron chi connectivity index (χ3n) is 4.45. The molecule has 0 bridgehead atoms. The molecule has 1 atom stereocenters. The Morgan fingerprint density at radius 1 is 1.50 bits per heavy atom. The molecule has 0 spiro atoms. The molecule has 2 aromatic rings. The summed E-state index contributed by atoms with van der Waals surface area (Å²) in [4.78, 5) is 16.7. The molecule has 1 amide bonds. The summed E-state index contributed by atoms with van der Waals surface area (Å²) >= 11 is 0. The molecule has 2 heterocycles. The molecule has 1 aliphatic rings. The van der Waals surface area contributed by atoms with Crippen molar-refractivity contribution >= 4 is 11.7 Å². The Morgan fingerprint density at radius 2 is 2.29 bits per heavy atom. The van der Waals surface area contributed by atoms with Crippen molar-refractivity contribution in [2.45, 2.75) is 44.9 Å². The van der Waals surface area contributed by atoms with Crippen molar-refractivity contribution in [1.82, 2.24) is 20.1 Å². The lowest BCUT2D eigenvalue weighted by Gasteiger charge is -2.38. The molecule has 24 heavy (non-hydrogen) atoms. The Kier molecular flexibility index (Phi) is 4.80. The van der Waals surface area contributed by atoms with Gasteiger partial charge in [0.25, 0.3) is 0 Å². The van der Waals surface area contributed by atoms with E-state index < -0.39 is 0 Å². The van der Waals surface area contributed by atoms with E-state index in [1.54, 1.807) is 12.3 Å². The van der Waals surface area contributed by atoms with E-state index in [2.05, 4.69) is 15.4 Å². The normalized spacial score (nSPS) is 21.1. The topological polar surface area (TPSA) is 106 Å². The molecule has 4 N–H and O–H groups in total. The summed E-state index contributed by atoms with van der Waals surface area (Å²) in [6.07, 6.45) is 3.55. The van der Waals surface area contributed by atoms with Crippen molar-refractivity contribution in [1.29, 1.82) is 0 Å². The molecule has 128 valence electrons. The van der Waals surface area contributed by atoms with Gasteiger partial charge in [-0.2, -0.15) is 5.10 Å². The Hall–Kier alpha value is -2.41. The van der Waals surface area contributed by atoms with E-state index in [9.17, 15) is 9.90 Å². The summed E-state index contributed by atoms with van der Waals surface area (Å²) in [5.74, 6) is 0.609. The van der Waals surface area contributed by atoms with Crippen LogP contribution in [-0.2, 0) is 17.8 Å². The maximum absolute atomic E-state index is 12.4. The van der Waals surface area contributed by atoms with E-state index in [0.717, 1.165) is 11.4 Å². The highest BCUT2D eigenvalue weighted by molar-refractivity contribution is 5.76. The number of nitrogens with one attached hydrogen (secondary N) is 1. The van der Waals surface area contributed by atoms with E-state index in [1.165, 1.54) is 4.68 Å². The van der Waals surface area contributed by atoms with Gasteiger partial charge in [0, 0.05) is 30.4 Å². The number of aryl methyl sites for hydroxylation is 1. The lowest BCUT2D eigenvalue weighted by Crippen LogP contribution is -2.49. The summed E-state index contributed by atoms with van der Waals surface area (Å²) in [7, 11) is 0. The lowest BCUT2D eigenvalue weighted by molar-refractivity contribution is -0.123. The highest BCUT2D eigenvalue weighted by Gasteiger charge is 2.35. The number of nitrogens with zero attached hydrogens (tertiary/aromatic N) is 3. The zero-order valence-electron chi connectivity index (χ0n) is 13.7. The fourth-order valence-electron chi connectivity index (χ4n) is 3.12. The number of nitrogen functional groups attached to an aromatic ring is 1. The van der Waals surface area contributed by atoms with Crippen LogP contribution in [0.25, 0.3) is 0 Å². The van der Waals surface area contributed by atoms with E-state index in [-0.39, 0.29) is 30.5 Å². The zero-order chi connectivity index (χ0) is 17.1. The highest BCUT2D eigenvalue weighted by atomic mass is 16.3. The van der Waals surface area contributed by atoms with Gasteiger partial charge in [0.05, 0.1) is 11.8 Å². The highest BCUT2D eigenvalue weighted by Crippen LogP contribution is 2.31. The van der Waals surface area contributed by atoms with Crippen LogP contribution in [0.4, 0.5) is 5.82 Å². The number of aliphatic hydroxyl groups excluding tert-OH is 1. The predicted octanol–water partition coefficient (Wildman–Crippen LogP) is 0.667. The number of carbonyl (C=O) groups excluding carboxylic acids is 1. The number of aliphatic hydroxyl groups is 1. The second kappa shape index (κ2) is 7.00. The molecule has 0 aliphatic heterocycles. The van der Waals surface area contributed by atoms with Gasteiger partial charge in [0.1, 0.15) is 12.4 Å². The molecule has 0 radical (unpaired) electrons. The van der Waals surface area contributed by atoms with Crippen molar-refractivity contribution in [2.75, 3.05) is 5.73 Å². The fraction of sp³-hybridized carbons (Fsp3) is 0.471. The second-order valence-electron chi connectivity index (χ2n) is 6.45. The van der Waals surface area contributed by atoms with Crippen LogP contribution in [0.3, 0.4) is 0 Å². The van der Waals surface area contributed by atoms with Gasteiger partial charge in [0.2, 0.25) is 5.91 Å². The number of carbonyl (C=O) groups is 1. The van der Waals surface area contributed by atoms with Crippen LogP contribution < -0.4 is 11.1 Å². The van der Waals surface area contributed by atoms with Crippen molar-refractivity contribution in [2.24, 2.45) is 5.92 Å². The minimum atomic E-state index is -0.262. The molecule has 3 rings (SSSR count). The van der Waals surface area contributed by atoms with Gasteiger partial charge < -0.3 is 16.2 Å². The summed E-state index contributed by atoms with van der Waals surface area (Å²) in [5.41, 5.74) is 7.55. The predicted molar refractivity (Wildman–Crippen MR) is 90.0 cm³/mol. The molecule has 1 saturated carbocycles. The first-order valence-electron chi connectivity index (χ1n) is 8.18. The monoisotopic (exact) mass is 329 g/mol. The number of pyridine rings is 1. The van der Waals surface area contributed by atoms with E-state index in [1.807, 2.05) is 25.1 Å². The first kappa shape index (κ1) is 16.4. The second-order valence-corrected chi connectivity index (χ2v) is 6.45. The summed E-state index contributed by atoms with van der Waals surface area (Å²) in [6, 6.07) is 7.44. The lowest BCUT2D eigenvalue weighted by atomic mass is 9.76. The molecule has 0 saturated heterocycles. The smallest absolute Gasteiger partial charge is 0.242 e. The average molecular weight is 329 g/mol. The summed E-state index contributed by atoms with van der Waals surface area (Å²) in [6.45, 7) is 1.93. The Bertz CT molecular complexity index is 694. The maximum Gasteiger partial charge on any atom is 0.242 e. The zero-order valence-corrected chi connectivity index (χ0v) is 13.7. The molecule has 7 nitrogen and oxygen atoms in total. The van der Waals surface area contributed by atoms with Crippen LogP contribution in [0.2, 0.25) is 0 Å². The Labute approximate surface area is 140 Å². The Morgan fingerprint density at radius 3 is 2.88 bits per heavy atom. The third-order valence-corrected chi connectivity index (χ3v) is 4.45. The van der Waals surface area contributed by atoms with Gasteiger partial charge in [0.15, 0.2) is 0 Å². The van der Waals surface area contributed by atoms with Crippen LogP contribution >= 0.6 is 0 Å². The van der Waals surface area contributed by atoms with Gasteiger partial charge in [-0.1, -0.05) is 6.07 Å². The number of amides is 1. The molecular weight excluding hydrogens is 306 g/mol.